The Balaban J connectivity index is 2.01. The van der Waals surface area contributed by atoms with Gasteiger partial charge in [-0.3, -0.25) is 0 Å². The van der Waals surface area contributed by atoms with Gasteiger partial charge in [-0.1, -0.05) is 42.8 Å². The molecule has 0 N–H and O–H groups in total. The van der Waals surface area contributed by atoms with E-state index in [0.717, 1.165) is 13.1 Å². The third-order valence-electron chi connectivity index (χ3n) is 5.72. The molecule has 0 bridgehead atoms. The fourth-order valence-corrected chi connectivity index (χ4v) is 4.80. The lowest BCUT2D eigenvalue weighted by Gasteiger charge is -2.57. The minimum Gasteiger partial charge on any atom is -0.344 e. The Labute approximate surface area is 145 Å². The zero-order chi connectivity index (χ0) is 16.6. The van der Waals surface area contributed by atoms with Crippen LogP contribution < -0.4 is 9.80 Å². The molecule has 1 fully saturated rings. The van der Waals surface area contributed by atoms with Crippen LogP contribution in [0.3, 0.4) is 0 Å². The predicted octanol–water partition coefficient (Wildman–Crippen LogP) is 5.50. The predicted molar refractivity (Wildman–Crippen MR) is 105 cm³/mol. The summed E-state index contributed by atoms with van der Waals surface area (Å²) in [4.78, 5) is 5.22. The van der Waals surface area contributed by atoms with E-state index in [2.05, 4.69) is 71.5 Å². The molecule has 1 heterocycles. The van der Waals surface area contributed by atoms with E-state index >= 15 is 0 Å². The van der Waals surface area contributed by atoms with Gasteiger partial charge in [0.1, 0.15) is 5.66 Å². The first-order valence-electron chi connectivity index (χ1n) is 9.11. The van der Waals surface area contributed by atoms with Crippen LogP contribution in [0.5, 0.6) is 0 Å². The molecule has 24 heavy (non-hydrogen) atoms. The first-order chi connectivity index (χ1) is 11.8. The van der Waals surface area contributed by atoms with E-state index in [4.69, 9.17) is 0 Å². The molecule has 0 amide bonds. The van der Waals surface area contributed by atoms with Gasteiger partial charge in [-0.2, -0.15) is 0 Å². The van der Waals surface area contributed by atoms with E-state index < -0.39 is 0 Å². The van der Waals surface area contributed by atoms with Crippen LogP contribution in [0.2, 0.25) is 0 Å². The smallest absolute Gasteiger partial charge is 0.113 e. The van der Waals surface area contributed by atoms with E-state index in [1.807, 2.05) is 0 Å². The fourth-order valence-electron chi connectivity index (χ4n) is 4.80. The summed E-state index contributed by atoms with van der Waals surface area (Å²) in [6, 6.07) is 13.4. The van der Waals surface area contributed by atoms with Gasteiger partial charge in [0, 0.05) is 29.9 Å². The van der Waals surface area contributed by atoms with E-state index in [0.29, 0.717) is 0 Å². The SMILES string of the molecule is C=CCN1c2cccc3cccc(c23)N(CC=C)C12CCCCC2. The summed E-state index contributed by atoms with van der Waals surface area (Å²) in [5, 5.41) is 2.69. The Morgan fingerprint density at radius 3 is 1.88 bits per heavy atom. The van der Waals surface area contributed by atoms with E-state index in [9.17, 15) is 0 Å². The van der Waals surface area contributed by atoms with Gasteiger partial charge in [-0.25, -0.2) is 0 Å². The first-order valence-corrected chi connectivity index (χ1v) is 9.11. The maximum Gasteiger partial charge on any atom is 0.113 e. The third-order valence-corrected chi connectivity index (χ3v) is 5.72. The molecule has 2 heteroatoms. The summed E-state index contributed by atoms with van der Waals surface area (Å²) in [6.07, 6.45) is 10.4. The van der Waals surface area contributed by atoms with Crippen LogP contribution in [0.25, 0.3) is 10.8 Å². The normalized spacial score (nSPS) is 18.8. The summed E-state index contributed by atoms with van der Waals surface area (Å²) < 4.78 is 0. The number of rotatable bonds is 4. The number of hydrogen-bond acceptors (Lipinski definition) is 2. The summed E-state index contributed by atoms with van der Waals surface area (Å²) in [5.41, 5.74) is 2.79. The average molecular weight is 318 g/mol. The van der Waals surface area contributed by atoms with Crippen LogP contribution in [0.1, 0.15) is 32.1 Å². The van der Waals surface area contributed by atoms with Gasteiger partial charge in [0.05, 0.1) is 0 Å². The van der Waals surface area contributed by atoms with Crippen LogP contribution in [0.4, 0.5) is 11.4 Å². The Hall–Kier alpha value is -2.22. The van der Waals surface area contributed by atoms with Crippen molar-refractivity contribution in [1.29, 1.82) is 0 Å². The lowest BCUT2D eigenvalue weighted by atomic mass is 9.82. The summed E-state index contributed by atoms with van der Waals surface area (Å²) >= 11 is 0. The minimum atomic E-state index is 0.0588. The molecule has 0 radical (unpaired) electrons. The molecule has 2 aliphatic rings. The van der Waals surface area contributed by atoms with Gasteiger partial charge in [0.2, 0.25) is 0 Å². The van der Waals surface area contributed by atoms with Crippen LogP contribution >= 0.6 is 0 Å². The Bertz CT molecular complexity index is 716. The molecule has 124 valence electrons. The van der Waals surface area contributed by atoms with E-state index in [-0.39, 0.29) is 5.66 Å². The molecule has 1 aliphatic carbocycles. The molecular formula is C22H26N2. The molecule has 0 unspecified atom stereocenters. The van der Waals surface area contributed by atoms with Crippen molar-refractivity contribution in [3.63, 3.8) is 0 Å². The molecule has 4 rings (SSSR count). The molecule has 2 nitrogen and oxygen atoms in total. The molecule has 2 aromatic rings. The quantitative estimate of drug-likeness (QED) is 0.687. The molecule has 1 aliphatic heterocycles. The average Bonchev–Trinajstić information content (AvgIpc) is 2.63. The van der Waals surface area contributed by atoms with Crippen LogP contribution in [0, 0.1) is 0 Å². The highest BCUT2D eigenvalue weighted by Gasteiger charge is 2.46. The zero-order valence-electron chi connectivity index (χ0n) is 14.4. The fraction of sp³-hybridized carbons (Fsp3) is 0.364. The molecule has 2 aromatic carbocycles. The topological polar surface area (TPSA) is 6.48 Å². The number of benzene rings is 2. The molecular weight excluding hydrogens is 292 g/mol. The highest BCUT2D eigenvalue weighted by atomic mass is 15.4. The summed E-state index contributed by atoms with van der Waals surface area (Å²) in [7, 11) is 0. The molecule has 0 aromatic heterocycles. The van der Waals surface area contributed by atoms with Crippen molar-refractivity contribution in [1.82, 2.24) is 0 Å². The van der Waals surface area contributed by atoms with Gasteiger partial charge in [0.25, 0.3) is 0 Å². The lowest BCUT2D eigenvalue weighted by molar-refractivity contribution is 0.268. The van der Waals surface area contributed by atoms with Crippen molar-refractivity contribution in [2.45, 2.75) is 37.8 Å². The Kier molecular flexibility index (Phi) is 3.84. The maximum absolute atomic E-state index is 4.04. The van der Waals surface area contributed by atoms with Gasteiger partial charge < -0.3 is 9.80 Å². The highest BCUT2D eigenvalue weighted by Crippen LogP contribution is 2.50. The number of hydrogen-bond donors (Lipinski definition) is 0. The van der Waals surface area contributed by atoms with Gasteiger partial charge in [-0.05, 0) is 43.2 Å². The van der Waals surface area contributed by atoms with Gasteiger partial charge in [-0.15, -0.1) is 13.2 Å². The molecule has 0 saturated heterocycles. The molecule has 0 atom stereocenters. The van der Waals surface area contributed by atoms with Crippen LogP contribution in [-0.2, 0) is 0 Å². The second kappa shape index (κ2) is 6.01. The molecule has 1 saturated carbocycles. The van der Waals surface area contributed by atoms with Crippen molar-refractivity contribution in [2.24, 2.45) is 0 Å². The summed E-state index contributed by atoms with van der Waals surface area (Å²) in [6.45, 7) is 9.87. The number of nitrogens with zero attached hydrogens (tertiary/aromatic N) is 2. The second-order valence-corrected chi connectivity index (χ2v) is 6.99. The van der Waals surface area contributed by atoms with E-state index in [1.54, 1.807) is 0 Å². The van der Waals surface area contributed by atoms with E-state index in [1.165, 1.54) is 54.3 Å². The van der Waals surface area contributed by atoms with Crippen molar-refractivity contribution < 1.29 is 0 Å². The van der Waals surface area contributed by atoms with Crippen molar-refractivity contribution in [3.8, 4) is 0 Å². The Morgan fingerprint density at radius 2 is 1.38 bits per heavy atom. The van der Waals surface area contributed by atoms with Gasteiger partial charge >= 0.3 is 0 Å². The third kappa shape index (κ3) is 2.09. The zero-order valence-corrected chi connectivity index (χ0v) is 14.4. The minimum absolute atomic E-state index is 0.0588. The standard InChI is InChI=1S/C22H26N2/c1-3-16-23-19-12-8-10-18-11-9-13-20(21(18)19)24(17-4-2)22(23)14-6-5-7-15-22/h3-4,8-13H,1-2,5-7,14-17H2. The maximum atomic E-state index is 4.04. The van der Waals surface area contributed by atoms with Crippen LogP contribution in [-0.4, -0.2) is 18.8 Å². The Morgan fingerprint density at radius 1 is 0.833 bits per heavy atom. The largest absolute Gasteiger partial charge is 0.344 e. The second-order valence-electron chi connectivity index (χ2n) is 6.99. The van der Waals surface area contributed by atoms with Crippen molar-refractivity contribution in [2.75, 3.05) is 22.9 Å². The molecule has 1 spiro atoms. The highest BCUT2D eigenvalue weighted by molar-refractivity contribution is 6.06. The summed E-state index contributed by atoms with van der Waals surface area (Å²) in [5.74, 6) is 0. The lowest BCUT2D eigenvalue weighted by Crippen LogP contribution is -2.64. The number of anilines is 2. The first kappa shape index (κ1) is 15.3. The van der Waals surface area contributed by atoms with Crippen molar-refractivity contribution >= 4 is 22.1 Å². The monoisotopic (exact) mass is 318 g/mol. The van der Waals surface area contributed by atoms with Gasteiger partial charge in [0.15, 0.2) is 0 Å². The van der Waals surface area contributed by atoms with Crippen molar-refractivity contribution in [3.05, 3.63) is 61.7 Å². The van der Waals surface area contributed by atoms with Crippen LogP contribution in [0.15, 0.2) is 61.7 Å².